The van der Waals surface area contributed by atoms with E-state index < -0.39 is 52.1 Å². The van der Waals surface area contributed by atoms with Crippen LogP contribution in [0.2, 0.25) is 5.28 Å². The van der Waals surface area contributed by atoms with Gasteiger partial charge in [0.1, 0.15) is 24.2 Å². The van der Waals surface area contributed by atoms with Crippen molar-refractivity contribution in [2.45, 2.75) is 24.5 Å². The second kappa shape index (κ2) is 9.71. The molecule has 15 nitrogen and oxygen atoms in total. The molecule has 18 heteroatoms. The van der Waals surface area contributed by atoms with Gasteiger partial charge in [-0.2, -0.15) is 9.97 Å². The zero-order chi connectivity index (χ0) is 26.5. The fraction of sp³-hybridized carbons (Fsp3) is 0.316. The number of anilines is 2. The number of halogens is 1. The lowest BCUT2D eigenvalue weighted by Crippen LogP contribution is -2.37. The van der Waals surface area contributed by atoms with E-state index in [1.807, 2.05) is 30.5 Å². The van der Waals surface area contributed by atoms with E-state index in [-0.39, 0.29) is 16.7 Å². The lowest BCUT2D eigenvalue weighted by molar-refractivity contribution is -0.0331. The van der Waals surface area contributed by atoms with E-state index in [2.05, 4.69) is 30.3 Å². The molecule has 4 aromatic rings. The third kappa shape index (κ3) is 5.56. The monoisotopic (exact) mass is 573 g/mol. The van der Waals surface area contributed by atoms with Crippen LogP contribution in [0.5, 0.6) is 0 Å². The van der Waals surface area contributed by atoms with Gasteiger partial charge in [-0.05, 0) is 35.9 Å². The maximum absolute atomic E-state index is 12.0. The predicted molar refractivity (Wildman–Crippen MR) is 133 cm³/mol. The van der Waals surface area contributed by atoms with Crippen LogP contribution in [0.25, 0.3) is 22.1 Å². The molecule has 1 aromatic carbocycles. The Morgan fingerprint density at radius 2 is 1.92 bits per heavy atom. The van der Waals surface area contributed by atoms with Crippen molar-refractivity contribution in [2.24, 2.45) is 0 Å². The molecule has 3 unspecified atom stereocenters. The largest absolute Gasteiger partial charge is 0.387 e. The number of aliphatic hydroxyl groups excluding tert-OH is 2. The number of aromatic amines is 1. The SMILES string of the molecule is O=P(O)(O)CP(=O)(O)NC[C@H]1O[C@@H](n2cnc3c(Nc4ccc5[nH]ccc5c4)nc(Cl)nc32)C(O)C1O. The minimum absolute atomic E-state index is 0.121. The highest BCUT2D eigenvalue weighted by Gasteiger charge is 2.45. The Balaban J connectivity index is 1.38. The summed E-state index contributed by atoms with van der Waals surface area (Å²) in [5.74, 6) is -1.00. The van der Waals surface area contributed by atoms with Crippen LogP contribution in [0, 0.1) is 0 Å². The summed E-state index contributed by atoms with van der Waals surface area (Å²) >= 11 is 6.16. The van der Waals surface area contributed by atoms with Crippen LogP contribution in [-0.4, -0.2) is 80.2 Å². The molecule has 0 radical (unpaired) electrons. The highest BCUT2D eigenvalue weighted by Crippen LogP contribution is 2.52. The first-order chi connectivity index (χ1) is 17.4. The molecule has 5 atom stereocenters. The van der Waals surface area contributed by atoms with Crippen molar-refractivity contribution in [3.63, 3.8) is 0 Å². The normalized spacial score (nSPS) is 24.1. The van der Waals surface area contributed by atoms with Gasteiger partial charge in [-0.25, -0.2) is 10.1 Å². The average Bonchev–Trinajstić information content (AvgIpc) is 3.49. The van der Waals surface area contributed by atoms with E-state index in [0.29, 0.717) is 11.2 Å². The number of aromatic nitrogens is 5. The van der Waals surface area contributed by atoms with Gasteiger partial charge in [-0.1, -0.05) is 0 Å². The molecular weight excluding hydrogens is 552 g/mol. The number of ether oxygens (including phenoxy) is 1. The number of aliphatic hydroxyl groups is 2. The van der Waals surface area contributed by atoms with Crippen LogP contribution in [0.1, 0.15) is 6.23 Å². The van der Waals surface area contributed by atoms with Gasteiger partial charge in [0.2, 0.25) is 5.28 Å². The Morgan fingerprint density at radius 1 is 1.14 bits per heavy atom. The number of hydrogen-bond acceptors (Lipinski definition) is 9. The highest BCUT2D eigenvalue weighted by molar-refractivity contribution is 7.71. The summed E-state index contributed by atoms with van der Waals surface area (Å²) in [6.45, 7) is -0.473. The zero-order valence-electron chi connectivity index (χ0n) is 18.7. The lowest BCUT2D eigenvalue weighted by atomic mass is 10.1. The summed E-state index contributed by atoms with van der Waals surface area (Å²) < 4.78 is 30.2. The van der Waals surface area contributed by atoms with Crippen molar-refractivity contribution >= 4 is 60.3 Å². The molecule has 1 aliphatic heterocycles. The molecule has 5 rings (SSSR count). The molecular formula is C19H22ClN7O8P2. The average molecular weight is 574 g/mol. The van der Waals surface area contributed by atoms with Crippen molar-refractivity contribution in [1.82, 2.24) is 29.6 Å². The van der Waals surface area contributed by atoms with E-state index in [0.717, 1.165) is 10.9 Å². The van der Waals surface area contributed by atoms with Gasteiger partial charge in [-0.3, -0.25) is 13.7 Å². The molecule has 8 N–H and O–H groups in total. The van der Waals surface area contributed by atoms with Gasteiger partial charge in [0.25, 0.3) is 7.52 Å². The van der Waals surface area contributed by atoms with Gasteiger partial charge >= 0.3 is 7.60 Å². The molecule has 198 valence electrons. The molecule has 0 amide bonds. The van der Waals surface area contributed by atoms with Crippen LogP contribution in [-0.2, 0) is 13.9 Å². The fourth-order valence-electron chi connectivity index (χ4n) is 4.09. The third-order valence-electron chi connectivity index (χ3n) is 5.74. The Bertz CT molecular complexity index is 1560. The van der Waals surface area contributed by atoms with Gasteiger partial charge in [0.15, 0.2) is 23.2 Å². The van der Waals surface area contributed by atoms with Crippen LogP contribution < -0.4 is 10.4 Å². The minimum Gasteiger partial charge on any atom is -0.387 e. The highest BCUT2D eigenvalue weighted by atomic mass is 35.5. The minimum atomic E-state index is -4.77. The van der Waals surface area contributed by atoms with E-state index in [4.69, 9.17) is 26.1 Å². The first-order valence-electron chi connectivity index (χ1n) is 10.8. The smallest absolute Gasteiger partial charge is 0.336 e. The first-order valence-corrected chi connectivity index (χ1v) is 14.8. The second-order valence-corrected chi connectivity index (χ2v) is 13.0. The molecule has 3 aromatic heterocycles. The standard InChI is InChI=1S/C19H22ClN7O8P2/c20-19-25-16(24-10-1-2-11-9(5-10)3-4-21-11)13-17(26-19)27(7-22-13)18-15(29)14(28)12(35-18)6-23-36(30,31)8-37(32,33)34/h1-5,7,12,14-15,18,21,28-29H,6,8H2,(H2,23,30,31)(H,24,25,26)(H2,32,33,34)/t12-,14?,15?,18-/m1/s1. The van der Waals surface area contributed by atoms with Crippen molar-refractivity contribution in [2.75, 3.05) is 17.8 Å². The van der Waals surface area contributed by atoms with E-state index in [1.54, 1.807) is 0 Å². The van der Waals surface area contributed by atoms with Crippen LogP contribution in [0.3, 0.4) is 0 Å². The molecule has 0 aliphatic carbocycles. The molecule has 37 heavy (non-hydrogen) atoms. The van der Waals surface area contributed by atoms with Gasteiger partial charge in [-0.15, -0.1) is 0 Å². The van der Waals surface area contributed by atoms with Crippen molar-refractivity contribution in [3.8, 4) is 0 Å². The van der Waals surface area contributed by atoms with Crippen LogP contribution in [0.15, 0.2) is 36.8 Å². The molecule has 0 spiro atoms. The number of benzene rings is 1. The molecule has 0 bridgehead atoms. The lowest BCUT2D eigenvalue weighted by Gasteiger charge is -2.19. The number of imidazole rings is 1. The van der Waals surface area contributed by atoms with Gasteiger partial charge in [0, 0.05) is 29.3 Å². The van der Waals surface area contributed by atoms with Crippen molar-refractivity contribution < 1.29 is 38.8 Å². The second-order valence-electron chi connectivity index (χ2n) is 8.49. The summed E-state index contributed by atoms with van der Waals surface area (Å²) in [4.78, 5) is 43.5. The molecule has 1 fully saturated rings. The molecule has 0 saturated carbocycles. The summed E-state index contributed by atoms with van der Waals surface area (Å²) in [7, 11) is -9.22. The summed E-state index contributed by atoms with van der Waals surface area (Å²) in [6, 6.07) is 7.53. The quantitative estimate of drug-likeness (QED) is 0.110. The van der Waals surface area contributed by atoms with Crippen LogP contribution in [0.4, 0.5) is 11.5 Å². The maximum atomic E-state index is 12.0. The third-order valence-corrected chi connectivity index (χ3v) is 9.59. The van der Waals surface area contributed by atoms with E-state index >= 15 is 0 Å². The van der Waals surface area contributed by atoms with Crippen molar-refractivity contribution in [1.29, 1.82) is 0 Å². The van der Waals surface area contributed by atoms with E-state index in [9.17, 15) is 24.2 Å². The summed E-state index contributed by atoms with van der Waals surface area (Å²) in [6.07, 6.45) is -2.27. The molecule has 1 aliphatic rings. The van der Waals surface area contributed by atoms with E-state index in [1.165, 1.54) is 10.9 Å². The predicted octanol–water partition coefficient (Wildman–Crippen LogP) is 1.23. The maximum Gasteiger partial charge on any atom is 0.336 e. The number of nitrogens with one attached hydrogen (secondary N) is 3. The van der Waals surface area contributed by atoms with Crippen LogP contribution >= 0.6 is 26.7 Å². The summed E-state index contributed by atoms with van der Waals surface area (Å²) in [5, 5.41) is 27.2. The number of nitrogens with zero attached hydrogens (tertiary/aromatic N) is 4. The Morgan fingerprint density at radius 3 is 2.68 bits per heavy atom. The number of H-pyrrole nitrogens is 1. The molecule has 1 saturated heterocycles. The first kappa shape index (κ1) is 26.2. The zero-order valence-corrected chi connectivity index (χ0v) is 21.3. The fourth-order valence-corrected chi connectivity index (χ4v) is 7.12. The van der Waals surface area contributed by atoms with Gasteiger partial charge < -0.3 is 39.9 Å². The Labute approximate surface area is 213 Å². The number of fused-ring (bicyclic) bond motifs is 2. The molecule has 4 heterocycles. The van der Waals surface area contributed by atoms with Gasteiger partial charge in [0.05, 0.1) is 6.33 Å². The Kier molecular flexibility index (Phi) is 6.88. The Hall–Kier alpha value is -2.42. The number of rotatable bonds is 8. The topological polar surface area (TPSA) is 228 Å². The number of hydrogen-bond donors (Lipinski definition) is 8. The van der Waals surface area contributed by atoms with Crippen molar-refractivity contribution in [3.05, 3.63) is 42.1 Å². The summed E-state index contributed by atoms with van der Waals surface area (Å²) in [5.41, 5.74) is 2.14.